The quantitative estimate of drug-likeness (QED) is 0.449. The van der Waals surface area contributed by atoms with Crippen molar-refractivity contribution in [3.05, 3.63) is 80.2 Å². The van der Waals surface area contributed by atoms with E-state index in [0.29, 0.717) is 21.3 Å². The first-order chi connectivity index (χ1) is 15.3. The van der Waals surface area contributed by atoms with Gasteiger partial charge in [-0.15, -0.1) is 11.3 Å². The highest BCUT2D eigenvalue weighted by Gasteiger charge is 2.20. The van der Waals surface area contributed by atoms with E-state index in [1.807, 2.05) is 13.2 Å². The number of thioether (sulfide) groups is 1. The molecule has 10 heteroatoms. The summed E-state index contributed by atoms with van der Waals surface area (Å²) in [7, 11) is 0. The van der Waals surface area contributed by atoms with Gasteiger partial charge in [0.05, 0.1) is 5.69 Å². The highest BCUT2D eigenvalue weighted by Crippen LogP contribution is 2.25. The lowest BCUT2D eigenvalue weighted by molar-refractivity contribution is -0.116. The SMILES string of the molecule is CSc1nc2c(s1)c(=O)n(-c1ccc(C)cc1)c(=O)n2CC(=O)Nc1cc(F)ccc1C. The largest absolute Gasteiger partial charge is 0.337 e. The van der Waals surface area contributed by atoms with Gasteiger partial charge in [-0.3, -0.25) is 14.2 Å². The molecule has 0 atom stereocenters. The molecule has 0 radical (unpaired) electrons. The van der Waals surface area contributed by atoms with Gasteiger partial charge in [-0.1, -0.05) is 35.5 Å². The van der Waals surface area contributed by atoms with E-state index in [1.165, 1.54) is 39.8 Å². The monoisotopic (exact) mass is 470 g/mol. The molecule has 2 heterocycles. The predicted octanol–water partition coefficient (Wildman–Crippen LogP) is 3.73. The zero-order valence-electron chi connectivity index (χ0n) is 17.5. The Morgan fingerprint density at radius 2 is 1.88 bits per heavy atom. The van der Waals surface area contributed by atoms with Crippen LogP contribution in [0.15, 0.2) is 56.4 Å². The summed E-state index contributed by atoms with van der Waals surface area (Å²) in [6.07, 6.45) is 1.82. The van der Waals surface area contributed by atoms with Crippen molar-refractivity contribution < 1.29 is 9.18 Å². The van der Waals surface area contributed by atoms with Crippen LogP contribution in [-0.4, -0.2) is 26.3 Å². The van der Waals surface area contributed by atoms with Gasteiger partial charge >= 0.3 is 5.69 Å². The van der Waals surface area contributed by atoms with E-state index in [2.05, 4.69) is 10.3 Å². The minimum absolute atomic E-state index is 0.156. The van der Waals surface area contributed by atoms with E-state index in [9.17, 15) is 18.8 Å². The lowest BCUT2D eigenvalue weighted by Crippen LogP contribution is -2.40. The van der Waals surface area contributed by atoms with Gasteiger partial charge in [0.1, 0.15) is 17.1 Å². The Morgan fingerprint density at radius 3 is 2.56 bits per heavy atom. The highest BCUT2D eigenvalue weighted by atomic mass is 32.2. The van der Waals surface area contributed by atoms with Crippen molar-refractivity contribution in [3.63, 3.8) is 0 Å². The summed E-state index contributed by atoms with van der Waals surface area (Å²) in [5.74, 6) is -1.02. The first-order valence-electron chi connectivity index (χ1n) is 9.62. The van der Waals surface area contributed by atoms with Crippen LogP contribution in [0.25, 0.3) is 16.0 Å². The zero-order chi connectivity index (χ0) is 23.0. The number of fused-ring (bicyclic) bond motifs is 1. The molecule has 0 fully saturated rings. The minimum Gasteiger partial charge on any atom is -0.324 e. The number of halogens is 1. The Hall–Kier alpha value is -3.24. The number of thiazole rings is 1. The molecule has 32 heavy (non-hydrogen) atoms. The number of carbonyl (C=O) groups excluding carboxylic acids is 1. The number of amides is 1. The summed E-state index contributed by atoms with van der Waals surface area (Å²) >= 11 is 2.52. The van der Waals surface area contributed by atoms with Gasteiger partial charge in [0.25, 0.3) is 5.56 Å². The molecule has 0 unspecified atom stereocenters. The van der Waals surface area contributed by atoms with Crippen LogP contribution in [0, 0.1) is 19.7 Å². The van der Waals surface area contributed by atoms with Crippen LogP contribution in [0.4, 0.5) is 10.1 Å². The average molecular weight is 471 g/mol. The van der Waals surface area contributed by atoms with Gasteiger partial charge in [-0.2, -0.15) is 0 Å². The number of hydrogen-bond donors (Lipinski definition) is 1. The van der Waals surface area contributed by atoms with E-state index in [-0.39, 0.29) is 16.9 Å². The molecule has 2 aromatic carbocycles. The molecule has 0 spiro atoms. The van der Waals surface area contributed by atoms with Crippen molar-refractivity contribution in [1.82, 2.24) is 14.1 Å². The molecule has 0 saturated heterocycles. The van der Waals surface area contributed by atoms with Crippen LogP contribution >= 0.6 is 23.1 Å². The molecule has 2 aromatic heterocycles. The molecule has 0 aliphatic carbocycles. The van der Waals surface area contributed by atoms with Gasteiger partial charge in [-0.25, -0.2) is 18.7 Å². The summed E-state index contributed by atoms with van der Waals surface area (Å²) in [6, 6.07) is 11.0. The summed E-state index contributed by atoms with van der Waals surface area (Å²) in [5, 5.41) is 2.64. The number of aromatic nitrogens is 3. The molecule has 0 aliphatic heterocycles. The van der Waals surface area contributed by atoms with Crippen molar-refractivity contribution in [1.29, 1.82) is 0 Å². The molecule has 0 bridgehead atoms. The molecule has 164 valence electrons. The number of aryl methyl sites for hydroxylation is 2. The van der Waals surface area contributed by atoms with Crippen molar-refractivity contribution in [2.24, 2.45) is 0 Å². The fourth-order valence-corrected chi connectivity index (χ4v) is 4.72. The summed E-state index contributed by atoms with van der Waals surface area (Å²) in [5.41, 5.74) is 1.38. The van der Waals surface area contributed by atoms with Crippen molar-refractivity contribution in [3.8, 4) is 5.69 Å². The van der Waals surface area contributed by atoms with Crippen molar-refractivity contribution >= 4 is 45.0 Å². The van der Waals surface area contributed by atoms with E-state index >= 15 is 0 Å². The van der Waals surface area contributed by atoms with E-state index in [4.69, 9.17) is 0 Å². The first kappa shape index (κ1) is 22.0. The van der Waals surface area contributed by atoms with Gasteiger partial charge in [0, 0.05) is 5.69 Å². The topological polar surface area (TPSA) is 86.0 Å². The number of nitrogens with one attached hydrogen (secondary N) is 1. The Balaban J connectivity index is 1.84. The summed E-state index contributed by atoms with van der Waals surface area (Å²) in [6.45, 7) is 3.26. The molecular formula is C22H19FN4O3S2. The Kier molecular flexibility index (Phi) is 5.98. The fraction of sp³-hybridized carbons (Fsp3) is 0.182. The number of hydrogen-bond acceptors (Lipinski definition) is 6. The third-order valence-corrected chi connectivity index (χ3v) is 6.92. The molecule has 1 amide bonds. The van der Waals surface area contributed by atoms with Gasteiger partial charge in [0.2, 0.25) is 5.91 Å². The Bertz CT molecular complexity index is 1460. The van der Waals surface area contributed by atoms with Crippen LogP contribution in [0.1, 0.15) is 11.1 Å². The van der Waals surface area contributed by atoms with E-state index in [0.717, 1.165) is 10.1 Å². The predicted molar refractivity (Wildman–Crippen MR) is 126 cm³/mol. The van der Waals surface area contributed by atoms with Crippen LogP contribution in [0.3, 0.4) is 0 Å². The number of anilines is 1. The highest BCUT2D eigenvalue weighted by molar-refractivity contribution is 8.00. The lowest BCUT2D eigenvalue weighted by Gasteiger charge is -2.13. The maximum atomic E-state index is 13.6. The van der Waals surface area contributed by atoms with Crippen LogP contribution < -0.4 is 16.6 Å². The number of nitrogens with zero attached hydrogens (tertiary/aromatic N) is 3. The third-order valence-electron chi connectivity index (χ3n) is 4.91. The third kappa shape index (κ3) is 4.11. The number of rotatable bonds is 5. The second kappa shape index (κ2) is 8.71. The molecule has 7 nitrogen and oxygen atoms in total. The molecule has 1 N–H and O–H groups in total. The molecule has 0 aliphatic rings. The summed E-state index contributed by atoms with van der Waals surface area (Å²) in [4.78, 5) is 43.7. The standard InChI is InChI=1S/C22H19FN4O3S2/c1-12-4-8-15(9-5-12)27-20(29)18-19(25-21(31-3)32-18)26(22(27)30)11-17(28)24-16-10-14(23)7-6-13(16)2/h4-10H,11H2,1-3H3,(H,24,28). The average Bonchev–Trinajstić information content (AvgIpc) is 3.20. The second-order valence-corrected chi connectivity index (χ2v) is 9.24. The second-order valence-electron chi connectivity index (χ2n) is 7.19. The molecule has 4 rings (SSSR count). The van der Waals surface area contributed by atoms with Crippen molar-refractivity contribution in [2.75, 3.05) is 11.6 Å². The lowest BCUT2D eigenvalue weighted by atomic mass is 10.2. The smallest absolute Gasteiger partial charge is 0.324 e. The van der Waals surface area contributed by atoms with Crippen LogP contribution in [0.5, 0.6) is 0 Å². The molecule has 4 aromatic rings. The Morgan fingerprint density at radius 1 is 1.16 bits per heavy atom. The minimum atomic E-state index is -0.671. The van der Waals surface area contributed by atoms with Gasteiger partial charge in [-0.05, 0) is 49.9 Å². The first-order valence-corrected chi connectivity index (χ1v) is 11.7. The van der Waals surface area contributed by atoms with Crippen LogP contribution in [-0.2, 0) is 11.3 Å². The fourth-order valence-electron chi connectivity index (χ4n) is 3.23. The number of carbonyl (C=O) groups is 1. The zero-order valence-corrected chi connectivity index (χ0v) is 19.1. The van der Waals surface area contributed by atoms with Gasteiger partial charge in [0.15, 0.2) is 9.99 Å². The van der Waals surface area contributed by atoms with Crippen LogP contribution in [0.2, 0.25) is 0 Å². The maximum absolute atomic E-state index is 13.6. The number of benzene rings is 2. The van der Waals surface area contributed by atoms with Gasteiger partial charge < -0.3 is 5.32 Å². The maximum Gasteiger partial charge on any atom is 0.337 e. The van der Waals surface area contributed by atoms with E-state index < -0.39 is 23.0 Å². The van der Waals surface area contributed by atoms with Crippen molar-refractivity contribution in [2.45, 2.75) is 24.7 Å². The Labute approximate surface area is 190 Å². The van der Waals surface area contributed by atoms with E-state index in [1.54, 1.807) is 37.3 Å². The molecular weight excluding hydrogens is 451 g/mol. The summed E-state index contributed by atoms with van der Waals surface area (Å²) < 4.78 is 16.7. The normalized spacial score (nSPS) is 11.1. The molecule has 0 saturated carbocycles.